The minimum atomic E-state index is 0.0160. The molecule has 1 aromatic rings. The Morgan fingerprint density at radius 3 is 2.71 bits per heavy atom. The summed E-state index contributed by atoms with van der Waals surface area (Å²) in [7, 11) is 0. The van der Waals surface area contributed by atoms with Crippen LogP contribution in [0, 0.1) is 5.92 Å². The maximum Gasteiger partial charge on any atom is 0.317 e. The molecule has 0 aliphatic heterocycles. The second-order valence-corrected chi connectivity index (χ2v) is 4.19. The summed E-state index contributed by atoms with van der Waals surface area (Å²) in [5.41, 5.74) is 0. The zero-order chi connectivity index (χ0) is 12.7. The smallest absolute Gasteiger partial charge is 0.317 e. The van der Waals surface area contributed by atoms with Crippen LogP contribution in [0.2, 0.25) is 0 Å². The van der Waals surface area contributed by atoms with Crippen LogP contribution in [0.4, 0.5) is 4.79 Å². The van der Waals surface area contributed by atoms with E-state index in [1.54, 1.807) is 11.1 Å². The third-order valence-electron chi connectivity index (χ3n) is 2.71. The minimum absolute atomic E-state index is 0.0160. The quantitative estimate of drug-likeness (QED) is 0.818. The van der Waals surface area contributed by atoms with E-state index in [1.807, 2.05) is 30.8 Å². The lowest BCUT2D eigenvalue weighted by Crippen LogP contribution is -2.41. The molecular formula is C12H22N4O. The van der Waals surface area contributed by atoms with Crippen molar-refractivity contribution >= 4 is 6.03 Å². The molecule has 0 aliphatic rings. The van der Waals surface area contributed by atoms with Gasteiger partial charge in [0.15, 0.2) is 0 Å². The molecular weight excluding hydrogens is 216 g/mol. The van der Waals surface area contributed by atoms with Gasteiger partial charge in [-0.3, -0.25) is 4.68 Å². The number of aromatic nitrogens is 2. The van der Waals surface area contributed by atoms with Gasteiger partial charge >= 0.3 is 6.03 Å². The molecule has 0 saturated heterocycles. The summed E-state index contributed by atoms with van der Waals surface area (Å²) in [6, 6.07) is 1.92. The Morgan fingerprint density at radius 1 is 1.47 bits per heavy atom. The third kappa shape index (κ3) is 4.46. The SMILES string of the molecule is CCN(CC)C(=O)NCC(C)Cn1cccn1. The normalized spacial score (nSPS) is 12.2. The van der Waals surface area contributed by atoms with Gasteiger partial charge < -0.3 is 10.2 Å². The first-order valence-corrected chi connectivity index (χ1v) is 6.17. The van der Waals surface area contributed by atoms with Crippen molar-refractivity contribution in [2.24, 2.45) is 5.92 Å². The van der Waals surface area contributed by atoms with Gasteiger partial charge in [0.25, 0.3) is 0 Å². The van der Waals surface area contributed by atoms with Crippen molar-refractivity contribution in [1.29, 1.82) is 0 Å². The standard InChI is InChI=1S/C12H22N4O/c1-4-15(5-2)12(17)13-9-11(3)10-16-8-6-7-14-16/h6-8,11H,4-5,9-10H2,1-3H3,(H,13,17). The first kappa shape index (κ1) is 13.5. The average Bonchev–Trinajstić information content (AvgIpc) is 2.81. The van der Waals surface area contributed by atoms with Crippen molar-refractivity contribution in [2.75, 3.05) is 19.6 Å². The number of hydrogen-bond donors (Lipinski definition) is 1. The van der Waals surface area contributed by atoms with E-state index in [1.165, 1.54) is 0 Å². The van der Waals surface area contributed by atoms with Gasteiger partial charge in [-0.2, -0.15) is 5.10 Å². The van der Waals surface area contributed by atoms with Gasteiger partial charge in [-0.1, -0.05) is 6.92 Å². The summed E-state index contributed by atoms with van der Waals surface area (Å²) in [4.78, 5) is 13.5. The van der Waals surface area contributed by atoms with Crippen LogP contribution in [0.15, 0.2) is 18.5 Å². The maximum atomic E-state index is 11.7. The Kier molecular flexibility index (Phi) is 5.52. The second kappa shape index (κ2) is 6.93. The summed E-state index contributed by atoms with van der Waals surface area (Å²) >= 11 is 0. The predicted octanol–water partition coefficient (Wildman–Crippen LogP) is 1.57. The third-order valence-corrected chi connectivity index (χ3v) is 2.71. The molecule has 1 rings (SSSR count). The Hall–Kier alpha value is -1.52. The molecule has 17 heavy (non-hydrogen) atoms. The van der Waals surface area contributed by atoms with Crippen LogP contribution in [0.1, 0.15) is 20.8 Å². The number of rotatable bonds is 6. The molecule has 0 fully saturated rings. The molecule has 0 aliphatic carbocycles. The van der Waals surface area contributed by atoms with Gasteiger partial charge in [-0.25, -0.2) is 4.79 Å². The summed E-state index contributed by atoms with van der Waals surface area (Å²) in [5, 5.41) is 7.09. The highest BCUT2D eigenvalue weighted by Gasteiger charge is 2.10. The molecule has 1 heterocycles. The predicted molar refractivity (Wildman–Crippen MR) is 67.7 cm³/mol. The van der Waals surface area contributed by atoms with Crippen molar-refractivity contribution in [3.05, 3.63) is 18.5 Å². The number of carbonyl (C=O) groups is 1. The molecule has 96 valence electrons. The fourth-order valence-electron chi connectivity index (χ4n) is 1.68. The monoisotopic (exact) mass is 238 g/mol. The van der Waals surface area contributed by atoms with E-state index in [0.29, 0.717) is 12.5 Å². The van der Waals surface area contributed by atoms with Gasteiger partial charge in [0.2, 0.25) is 0 Å². The summed E-state index contributed by atoms with van der Waals surface area (Å²) in [6.07, 6.45) is 3.70. The molecule has 2 amide bonds. The lowest BCUT2D eigenvalue weighted by molar-refractivity contribution is 0.201. The molecule has 0 bridgehead atoms. The number of nitrogens with zero attached hydrogens (tertiary/aromatic N) is 3. The molecule has 1 aromatic heterocycles. The largest absolute Gasteiger partial charge is 0.338 e. The Bertz CT molecular complexity index is 319. The van der Waals surface area contributed by atoms with Gasteiger partial charge in [0.1, 0.15) is 0 Å². The zero-order valence-corrected chi connectivity index (χ0v) is 10.9. The Balaban J connectivity index is 2.28. The highest BCUT2D eigenvalue weighted by molar-refractivity contribution is 5.74. The molecule has 1 atom stereocenters. The van der Waals surface area contributed by atoms with Crippen molar-refractivity contribution < 1.29 is 4.79 Å². The summed E-state index contributed by atoms with van der Waals surface area (Å²) in [5.74, 6) is 0.370. The van der Waals surface area contributed by atoms with Crippen molar-refractivity contribution in [1.82, 2.24) is 20.0 Å². The number of hydrogen-bond acceptors (Lipinski definition) is 2. The van der Waals surface area contributed by atoms with Crippen LogP contribution in [0.3, 0.4) is 0 Å². The van der Waals surface area contributed by atoms with E-state index in [2.05, 4.69) is 17.3 Å². The van der Waals surface area contributed by atoms with Crippen molar-refractivity contribution in [2.45, 2.75) is 27.3 Å². The van der Waals surface area contributed by atoms with E-state index in [0.717, 1.165) is 19.6 Å². The molecule has 0 spiro atoms. The van der Waals surface area contributed by atoms with Crippen LogP contribution in [0.5, 0.6) is 0 Å². The van der Waals surface area contributed by atoms with Gasteiger partial charge in [-0.05, 0) is 25.8 Å². The molecule has 0 saturated carbocycles. The average molecular weight is 238 g/mol. The van der Waals surface area contributed by atoms with E-state index in [-0.39, 0.29) is 6.03 Å². The molecule has 1 unspecified atom stereocenters. The number of amides is 2. The number of nitrogens with one attached hydrogen (secondary N) is 1. The van der Waals surface area contributed by atoms with Gasteiger partial charge in [-0.15, -0.1) is 0 Å². The molecule has 0 aromatic carbocycles. The lowest BCUT2D eigenvalue weighted by Gasteiger charge is -2.20. The van der Waals surface area contributed by atoms with E-state index in [9.17, 15) is 4.79 Å². The second-order valence-electron chi connectivity index (χ2n) is 4.19. The van der Waals surface area contributed by atoms with Crippen LogP contribution in [-0.2, 0) is 6.54 Å². The molecule has 5 nitrogen and oxygen atoms in total. The van der Waals surface area contributed by atoms with Crippen LogP contribution < -0.4 is 5.32 Å². The van der Waals surface area contributed by atoms with Crippen molar-refractivity contribution in [3.63, 3.8) is 0 Å². The van der Waals surface area contributed by atoms with E-state index >= 15 is 0 Å². The molecule has 0 radical (unpaired) electrons. The molecule has 5 heteroatoms. The number of urea groups is 1. The fourth-order valence-corrected chi connectivity index (χ4v) is 1.68. The fraction of sp³-hybridized carbons (Fsp3) is 0.667. The zero-order valence-electron chi connectivity index (χ0n) is 10.9. The van der Waals surface area contributed by atoms with Crippen LogP contribution >= 0.6 is 0 Å². The Morgan fingerprint density at radius 2 is 2.18 bits per heavy atom. The first-order chi connectivity index (χ1) is 8.17. The lowest BCUT2D eigenvalue weighted by atomic mass is 10.2. The van der Waals surface area contributed by atoms with Gasteiger partial charge in [0.05, 0.1) is 0 Å². The number of carbonyl (C=O) groups excluding carboxylic acids is 1. The molecule has 1 N–H and O–H groups in total. The highest BCUT2D eigenvalue weighted by Crippen LogP contribution is 1.98. The van der Waals surface area contributed by atoms with Crippen LogP contribution in [0.25, 0.3) is 0 Å². The summed E-state index contributed by atoms with van der Waals surface area (Å²) in [6.45, 7) is 9.06. The van der Waals surface area contributed by atoms with E-state index in [4.69, 9.17) is 0 Å². The topological polar surface area (TPSA) is 50.2 Å². The van der Waals surface area contributed by atoms with E-state index < -0.39 is 0 Å². The minimum Gasteiger partial charge on any atom is -0.338 e. The van der Waals surface area contributed by atoms with Crippen LogP contribution in [-0.4, -0.2) is 40.3 Å². The Labute approximate surface area is 103 Å². The summed E-state index contributed by atoms with van der Waals surface area (Å²) < 4.78 is 1.88. The van der Waals surface area contributed by atoms with Gasteiger partial charge in [0, 0.05) is 38.6 Å². The first-order valence-electron chi connectivity index (χ1n) is 6.17. The maximum absolute atomic E-state index is 11.7. The van der Waals surface area contributed by atoms with Crippen molar-refractivity contribution in [3.8, 4) is 0 Å². The highest BCUT2D eigenvalue weighted by atomic mass is 16.2.